The van der Waals surface area contributed by atoms with Gasteiger partial charge in [0.1, 0.15) is 6.04 Å². The molecule has 0 aromatic rings. The first-order valence-electron chi connectivity index (χ1n) is 2.87. The van der Waals surface area contributed by atoms with Gasteiger partial charge in [-0.2, -0.15) is 0 Å². The summed E-state index contributed by atoms with van der Waals surface area (Å²) in [7, 11) is 0. The average Bonchev–Trinajstić information content (AvgIpc) is 1.82. The zero-order valence-corrected chi connectivity index (χ0v) is 9.43. The van der Waals surface area contributed by atoms with Crippen LogP contribution in [0.3, 0.4) is 0 Å². The monoisotopic (exact) mass is 192 g/mol. The fourth-order valence-corrected chi connectivity index (χ4v) is 0.461. The van der Waals surface area contributed by atoms with Gasteiger partial charge in [0.05, 0.1) is 0 Å². The first kappa shape index (κ1) is 17.7. The van der Waals surface area contributed by atoms with Crippen LogP contribution in [0.15, 0.2) is 0 Å². The number of hydrogen-bond acceptors (Lipinski definition) is 3. The van der Waals surface area contributed by atoms with Crippen LogP contribution < -0.4 is 41.0 Å². The summed E-state index contributed by atoms with van der Waals surface area (Å²) in [5.74, 6) is -0.955. The van der Waals surface area contributed by atoms with Crippen LogP contribution >= 0.6 is 12.4 Å². The molecule has 0 spiro atoms. The maximum absolute atomic E-state index is 10.0. The number of nitrogens with two attached hydrogens (primary N) is 2. The Morgan fingerprint density at radius 3 is 2.36 bits per heavy atom. The molecule has 0 saturated heterocycles. The predicted octanol–water partition coefficient (Wildman–Crippen LogP) is -3.32. The van der Waals surface area contributed by atoms with E-state index in [4.69, 9.17) is 16.6 Å². The van der Waals surface area contributed by atoms with Crippen LogP contribution in [0.5, 0.6) is 0 Å². The first-order valence-corrected chi connectivity index (χ1v) is 2.87. The van der Waals surface area contributed by atoms with E-state index in [1.165, 1.54) is 0 Å². The Morgan fingerprint density at radius 2 is 2.09 bits per heavy atom. The Bertz CT molecular complexity index is 109. The van der Waals surface area contributed by atoms with Crippen molar-refractivity contribution in [3.05, 3.63) is 0 Å². The van der Waals surface area contributed by atoms with Gasteiger partial charge in [-0.05, 0) is 19.4 Å². The van der Waals surface area contributed by atoms with Crippen molar-refractivity contribution in [3.8, 4) is 0 Å². The summed E-state index contributed by atoms with van der Waals surface area (Å²) in [4.78, 5) is 10.0. The maximum atomic E-state index is 10.0. The Labute approximate surface area is 95.9 Å². The van der Waals surface area contributed by atoms with Crippen LogP contribution in [-0.2, 0) is 4.79 Å². The van der Waals surface area contributed by atoms with Gasteiger partial charge in [-0.3, -0.25) is 4.79 Å². The van der Waals surface area contributed by atoms with E-state index < -0.39 is 12.0 Å². The minimum absolute atomic E-state index is 0. The van der Waals surface area contributed by atoms with E-state index in [0.29, 0.717) is 19.4 Å². The molecule has 6 heteroatoms. The summed E-state index contributed by atoms with van der Waals surface area (Å²) in [6.07, 6.45) is 1.14. The minimum atomic E-state index is -0.955. The molecule has 0 bridgehead atoms. The van der Waals surface area contributed by atoms with Crippen molar-refractivity contribution in [1.82, 2.24) is 0 Å². The third kappa shape index (κ3) is 10.7. The third-order valence-electron chi connectivity index (χ3n) is 1.04. The SMILES string of the molecule is Cl.NCCC[C@H](N)C(=O)O.[H-].[Na+]. The molecule has 4 nitrogen and oxygen atoms in total. The molecule has 0 amide bonds. The fourth-order valence-electron chi connectivity index (χ4n) is 0.461. The van der Waals surface area contributed by atoms with Crippen molar-refractivity contribution in [1.29, 1.82) is 0 Å². The summed E-state index contributed by atoms with van der Waals surface area (Å²) in [5.41, 5.74) is 10.3. The van der Waals surface area contributed by atoms with Crippen LogP contribution in [0.2, 0.25) is 0 Å². The predicted molar refractivity (Wildman–Crippen MR) is 42.3 cm³/mol. The van der Waals surface area contributed by atoms with Crippen LogP contribution in [0.1, 0.15) is 14.3 Å². The molecule has 0 rings (SSSR count). The molecule has 0 radical (unpaired) electrons. The van der Waals surface area contributed by atoms with Gasteiger partial charge in [-0.1, -0.05) is 0 Å². The standard InChI is InChI=1S/C5H12N2O2.ClH.Na.H/c6-3-1-2-4(7)5(8)9;;;/h4H,1-3,6-7H2,(H,8,9);1H;;/q;;+1;-1/t4-;;;/m0.../s1. The second-order valence-corrected chi connectivity index (χ2v) is 1.88. The summed E-state index contributed by atoms with van der Waals surface area (Å²) >= 11 is 0. The van der Waals surface area contributed by atoms with E-state index in [0.717, 1.165) is 0 Å². The molecule has 0 aromatic heterocycles. The molecule has 0 aliphatic heterocycles. The summed E-state index contributed by atoms with van der Waals surface area (Å²) in [5, 5.41) is 8.24. The Balaban J connectivity index is -0.000000107. The van der Waals surface area contributed by atoms with Gasteiger partial charge < -0.3 is 18.0 Å². The van der Waals surface area contributed by atoms with E-state index in [1.54, 1.807) is 0 Å². The number of carboxylic acids is 1. The molecular formula is C5H14ClN2NaO2. The molecule has 0 aromatic carbocycles. The van der Waals surface area contributed by atoms with Crippen LogP contribution in [-0.4, -0.2) is 23.7 Å². The van der Waals surface area contributed by atoms with Crippen molar-refractivity contribution >= 4 is 18.4 Å². The van der Waals surface area contributed by atoms with E-state index in [9.17, 15) is 4.79 Å². The third-order valence-corrected chi connectivity index (χ3v) is 1.04. The Kier molecular flexibility index (Phi) is 17.2. The molecular weight excluding hydrogens is 179 g/mol. The van der Waals surface area contributed by atoms with E-state index >= 15 is 0 Å². The minimum Gasteiger partial charge on any atom is -1.00 e. The molecule has 1 atom stereocenters. The normalized spacial score (nSPS) is 10.7. The molecule has 0 saturated carbocycles. The molecule has 0 aliphatic rings. The van der Waals surface area contributed by atoms with Crippen molar-refractivity contribution in [2.75, 3.05) is 6.54 Å². The van der Waals surface area contributed by atoms with Gasteiger partial charge in [-0.15, -0.1) is 12.4 Å². The summed E-state index contributed by atoms with van der Waals surface area (Å²) < 4.78 is 0. The zero-order valence-electron chi connectivity index (χ0n) is 7.62. The van der Waals surface area contributed by atoms with E-state index in [2.05, 4.69) is 0 Å². The summed E-state index contributed by atoms with van der Waals surface area (Å²) in [6, 6.07) is -0.742. The second kappa shape index (κ2) is 10.7. The van der Waals surface area contributed by atoms with Crippen LogP contribution in [0, 0.1) is 0 Å². The van der Waals surface area contributed by atoms with Gasteiger partial charge in [-0.25, -0.2) is 0 Å². The average molecular weight is 193 g/mol. The first-order chi connectivity index (χ1) is 4.18. The molecule has 0 unspecified atom stereocenters. The number of carbonyl (C=O) groups is 1. The van der Waals surface area contributed by atoms with Gasteiger partial charge in [0.2, 0.25) is 0 Å². The Morgan fingerprint density at radius 1 is 1.64 bits per heavy atom. The molecule has 5 N–H and O–H groups in total. The quantitative estimate of drug-likeness (QED) is 0.407. The fraction of sp³-hybridized carbons (Fsp3) is 0.800. The summed E-state index contributed by atoms with van der Waals surface area (Å²) in [6.45, 7) is 0.501. The van der Waals surface area contributed by atoms with Crippen molar-refractivity contribution in [2.24, 2.45) is 11.5 Å². The maximum Gasteiger partial charge on any atom is 1.00 e. The van der Waals surface area contributed by atoms with Crippen molar-refractivity contribution in [3.63, 3.8) is 0 Å². The number of halogens is 1. The second-order valence-electron chi connectivity index (χ2n) is 1.88. The zero-order chi connectivity index (χ0) is 7.28. The van der Waals surface area contributed by atoms with E-state index in [-0.39, 0.29) is 43.4 Å². The van der Waals surface area contributed by atoms with Gasteiger partial charge in [0.25, 0.3) is 0 Å². The van der Waals surface area contributed by atoms with Crippen LogP contribution in [0.25, 0.3) is 0 Å². The largest absolute Gasteiger partial charge is 1.00 e. The molecule has 0 fully saturated rings. The van der Waals surface area contributed by atoms with Crippen molar-refractivity contribution in [2.45, 2.75) is 18.9 Å². The molecule has 0 heterocycles. The van der Waals surface area contributed by atoms with Gasteiger partial charge in [0, 0.05) is 0 Å². The Hall–Kier alpha value is 0.680. The number of carboxylic acid groups (broad SMARTS) is 1. The molecule has 0 aliphatic carbocycles. The number of hydrogen-bond donors (Lipinski definition) is 3. The van der Waals surface area contributed by atoms with E-state index in [1.807, 2.05) is 0 Å². The topological polar surface area (TPSA) is 89.3 Å². The van der Waals surface area contributed by atoms with Crippen molar-refractivity contribution < 1.29 is 40.9 Å². The number of rotatable bonds is 4. The molecule has 11 heavy (non-hydrogen) atoms. The number of aliphatic carboxylic acids is 1. The van der Waals surface area contributed by atoms with Gasteiger partial charge >= 0.3 is 35.5 Å². The molecule has 64 valence electrons. The smallest absolute Gasteiger partial charge is 1.00 e. The van der Waals surface area contributed by atoms with Crippen LogP contribution in [0.4, 0.5) is 0 Å². The van der Waals surface area contributed by atoms with Gasteiger partial charge in [0.15, 0.2) is 0 Å².